The molecule has 1 aliphatic heterocycles. The second-order valence-corrected chi connectivity index (χ2v) is 7.10. The van der Waals surface area contributed by atoms with Gasteiger partial charge in [-0.1, -0.05) is 30.3 Å². The highest BCUT2D eigenvalue weighted by molar-refractivity contribution is 6.28. The first-order valence-corrected chi connectivity index (χ1v) is 9.76. The number of hydrogen-bond acceptors (Lipinski definition) is 5. The molecule has 3 aromatic rings. The molecule has 0 saturated carbocycles. The molecule has 1 aromatic heterocycles. The van der Waals surface area contributed by atoms with Crippen LogP contribution < -0.4 is 9.64 Å². The van der Waals surface area contributed by atoms with Crippen LogP contribution in [0.3, 0.4) is 0 Å². The molecule has 7 heteroatoms. The minimum atomic E-state index is -0.763. The maximum absolute atomic E-state index is 14.1. The number of aliphatic imine (C=N–C) groups is 1. The number of methoxy groups -OCH3 is 1. The number of hydrogen-bond donors (Lipinski definition) is 0. The predicted molar refractivity (Wildman–Crippen MR) is 115 cm³/mol. The minimum absolute atomic E-state index is 0.154. The molecular formula is C24H20FN3O3. The Morgan fingerprint density at radius 2 is 1.90 bits per heavy atom. The van der Waals surface area contributed by atoms with Gasteiger partial charge in [-0.15, -0.1) is 0 Å². The average molecular weight is 417 g/mol. The van der Waals surface area contributed by atoms with E-state index >= 15 is 0 Å². The lowest BCUT2D eigenvalue weighted by Crippen LogP contribution is -2.46. The zero-order valence-corrected chi connectivity index (χ0v) is 17.0. The quantitative estimate of drug-likeness (QED) is 0.458. The molecule has 1 unspecified atom stereocenters. The van der Waals surface area contributed by atoms with E-state index in [0.29, 0.717) is 16.7 Å². The van der Waals surface area contributed by atoms with Gasteiger partial charge >= 0.3 is 0 Å². The lowest BCUT2D eigenvalue weighted by molar-refractivity contribution is -0.118. The number of benzene rings is 2. The van der Waals surface area contributed by atoms with Crippen molar-refractivity contribution >= 4 is 23.8 Å². The summed E-state index contributed by atoms with van der Waals surface area (Å²) in [6.07, 6.45) is 3.05. The van der Waals surface area contributed by atoms with Crippen LogP contribution in [0, 0.1) is 5.82 Å². The molecule has 0 aliphatic carbocycles. The van der Waals surface area contributed by atoms with Gasteiger partial charge < -0.3 is 4.74 Å². The van der Waals surface area contributed by atoms with Crippen LogP contribution in [-0.4, -0.2) is 30.1 Å². The molecule has 4 rings (SSSR count). The third kappa shape index (κ3) is 3.82. The normalized spacial score (nSPS) is 17.0. The van der Waals surface area contributed by atoms with Crippen molar-refractivity contribution in [1.82, 2.24) is 4.98 Å². The summed E-state index contributed by atoms with van der Waals surface area (Å²) in [5.74, 6) is -1.68. The summed E-state index contributed by atoms with van der Waals surface area (Å²) >= 11 is 0. The number of pyridine rings is 1. The number of ether oxygens (including phenoxy) is 1. The number of amides is 2. The van der Waals surface area contributed by atoms with Gasteiger partial charge in [-0.2, -0.15) is 0 Å². The number of halogens is 1. The van der Waals surface area contributed by atoms with E-state index in [1.165, 1.54) is 25.6 Å². The van der Waals surface area contributed by atoms with Crippen molar-refractivity contribution in [3.63, 3.8) is 0 Å². The zero-order valence-electron chi connectivity index (χ0n) is 17.0. The molecule has 0 spiro atoms. The van der Waals surface area contributed by atoms with Crippen LogP contribution in [0.25, 0.3) is 0 Å². The van der Waals surface area contributed by atoms with Crippen molar-refractivity contribution in [3.05, 3.63) is 89.4 Å². The average Bonchev–Trinajstić information content (AvgIpc) is 2.79. The summed E-state index contributed by atoms with van der Waals surface area (Å²) in [5, 5.41) is 0. The van der Waals surface area contributed by atoms with Gasteiger partial charge in [-0.05, 0) is 48.4 Å². The van der Waals surface area contributed by atoms with Crippen molar-refractivity contribution in [1.29, 1.82) is 0 Å². The molecule has 0 bridgehead atoms. The van der Waals surface area contributed by atoms with E-state index in [1.54, 1.807) is 61.5 Å². The lowest BCUT2D eigenvalue weighted by atomic mass is 9.89. The molecular weight excluding hydrogens is 397 g/mol. The summed E-state index contributed by atoms with van der Waals surface area (Å²) in [4.78, 5) is 36.0. The van der Waals surface area contributed by atoms with Crippen molar-refractivity contribution in [2.24, 2.45) is 4.99 Å². The molecule has 2 aromatic carbocycles. The predicted octanol–water partition coefficient (Wildman–Crippen LogP) is 4.33. The Kier molecular flexibility index (Phi) is 5.58. The van der Waals surface area contributed by atoms with E-state index in [2.05, 4.69) is 9.98 Å². The topological polar surface area (TPSA) is 71.9 Å². The standard InChI is InChI=1S/C24H20FN3O3/c1-15(16-10-11-21(31-2)20(25)13-16)27-14-19-17-7-3-4-8-18(17)23(29)28(24(19)30)22-9-5-6-12-26-22/h3-15,19H,1-2H3/t15-,19?/m1/s1. The summed E-state index contributed by atoms with van der Waals surface area (Å²) < 4.78 is 19.0. The molecule has 0 saturated heterocycles. The molecule has 2 heterocycles. The van der Waals surface area contributed by atoms with E-state index in [9.17, 15) is 14.0 Å². The second-order valence-electron chi connectivity index (χ2n) is 7.10. The highest BCUT2D eigenvalue weighted by Gasteiger charge is 2.39. The van der Waals surface area contributed by atoms with Gasteiger partial charge in [0.25, 0.3) is 5.91 Å². The van der Waals surface area contributed by atoms with Crippen LogP contribution in [0.1, 0.15) is 40.4 Å². The van der Waals surface area contributed by atoms with Crippen LogP contribution in [0.15, 0.2) is 71.9 Å². The molecule has 0 radical (unpaired) electrons. The molecule has 0 N–H and O–H groups in total. The van der Waals surface area contributed by atoms with Crippen LogP contribution in [0.5, 0.6) is 5.75 Å². The first kappa shape index (κ1) is 20.4. The Morgan fingerprint density at radius 1 is 1.13 bits per heavy atom. The van der Waals surface area contributed by atoms with Crippen molar-refractivity contribution in [3.8, 4) is 5.75 Å². The number of carbonyl (C=O) groups excluding carboxylic acids is 2. The highest BCUT2D eigenvalue weighted by atomic mass is 19.1. The van der Waals surface area contributed by atoms with Gasteiger partial charge in [0, 0.05) is 18.0 Å². The van der Waals surface area contributed by atoms with Gasteiger partial charge in [-0.25, -0.2) is 14.3 Å². The summed E-state index contributed by atoms with van der Waals surface area (Å²) in [6.45, 7) is 1.80. The van der Waals surface area contributed by atoms with Crippen LogP contribution in [0.2, 0.25) is 0 Å². The Hall–Kier alpha value is -3.87. The maximum atomic E-state index is 14.1. The minimum Gasteiger partial charge on any atom is -0.494 e. The fraction of sp³-hybridized carbons (Fsp3) is 0.167. The van der Waals surface area contributed by atoms with E-state index in [1.807, 2.05) is 0 Å². The van der Waals surface area contributed by atoms with E-state index < -0.39 is 29.6 Å². The third-order valence-electron chi connectivity index (χ3n) is 5.21. The summed E-state index contributed by atoms with van der Waals surface area (Å²) in [6, 6.07) is 16.2. The molecule has 1 aliphatic rings. The van der Waals surface area contributed by atoms with Crippen LogP contribution in [-0.2, 0) is 4.79 Å². The number of anilines is 1. The van der Waals surface area contributed by atoms with Gasteiger partial charge in [0.15, 0.2) is 11.6 Å². The number of rotatable bonds is 5. The highest BCUT2D eigenvalue weighted by Crippen LogP contribution is 2.32. The number of nitrogens with zero attached hydrogens (tertiary/aromatic N) is 3. The Labute approximate surface area is 179 Å². The van der Waals surface area contributed by atoms with E-state index in [4.69, 9.17) is 4.74 Å². The SMILES string of the molecule is COc1ccc([C@@H](C)N=CC2C(=O)N(c3ccccn3)C(=O)c3ccccc32)cc1F. The molecule has 2 amide bonds. The second kappa shape index (κ2) is 8.47. The third-order valence-corrected chi connectivity index (χ3v) is 5.21. The fourth-order valence-corrected chi connectivity index (χ4v) is 3.55. The van der Waals surface area contributed by atoms with Gasteiger partial charge in [0.1, 0.15) is 5.82 Å². The number of aromatic nitrogens is 1. The van der Waals surface area contributed by atoms with Gasteiger partial charge in [-0.3, -0.25) is 14.6 Å². The first-order valence-electron chi connectivity index (χ1n) is 9.76. The van der Waals surface area contributed by atoms with Crippen molar-refractivity contribution in [2.45, 2.75) is 18.9 Å². The largest absolute Gasteiger partial charge is 0.494 e. The number of carbonyl (C=O) groups is 2. The van der Waals surface area contributed by atoms with Crippen molar-refractivity contribution < 1.29 is 18.7 Å². The Bertz CT molecular complexity index is 1160. The van der Waals surface area contributed by atoms with Crippen molar-refractivity contribution in [2.75, 3.05) is 12.0 Å². The molecule has 31 heavy (non-hydrogen) atoms. The van der Waals surface area contributed by atoms with E-state index in [0.717, 1.165) is 4.90 Å². The zero-order chi connectivity index (χ0) is 22.0. The van der Waals surface area contributed by atoms with Gasteiger partial charge in [0.05, 0.1) is 19.1 Å². The van der Waals surface area contributed by atoms with Crippen LogP contribution in [0.4, 0.5) is 10.2 Å². The summed E-state index contributed by atoms with van der Waals surface area (Å²) in [5.41, 5.74) is 1.65. The molecule has 156 valence electrons. The smallest absolute Gasteiger partial charge is 0.266 e. The monoisotopic (exact) mass is 417 g/mol. The summed E-state index contributed by atoms with van der Waals surface area (Å²) in [7, 11) is 1.40. The van der Waals surface area contributed by atoms with Crippen LogP contribution >= 0.6 is 0 Å². The molecule has 6 nitrogen and oxygen atoms in total. The maximum Gasteiger partial charge on any atom is 0.266 e. The molecule has 2 atom stereocenters. The van der Waals surface area contributed by atoms with E-state index in [-0.39, 0.29) is 11.6 Å². The Morgan fingerprint density at radius 3 is 2.61 bits per heavy atom. The molecule has 0 fully saturated rings. The van der Waals surface area contributed by atoms with Gasteiger partial charge in [0.2, 0.25) is 5.91 Å². The lowest BCUT2D eigenvalue weighted by Gasteiger charge is -2.30. The number of fused-ring (bicyclic) bond motifs is 1. The fourth-order valence-electron chi connectivity index (χ4n) is 3.55. The Balaban J connectivity index is 1.69. The first-order chi connectivity index (χ1) is 15.0. The number of imide groups is 1.